The lowest BCUT2D eigenvalue weighted by molar-refractivity contribution is 0.0580. The molecule has 0 saturated heterocycles. The first-order valence-electron chi connectivity index (χ1n) is 7.71. The molecule has 0 bridgehead atoms. The summed E-state index contributed by atoms with van der Waals surface area (Å²) in [5.41, 5.74) is 3.81. The van der Waals surface area contributed by atoms with E-state index in [1.54, 1.807) is 0 Å². The zero-order valence-electron chi connectivity index (χ0n) is 13.4. The smallest absolute Gasteiger partial charge is 0.118 e. The maximum Gasteiger partial charge on any atom is 0.118 e. The van der Waals surface area contributed by atoms with Crippen LogP contribution < -0.4 is 0 Å². The minimum atomic E-state index is -1.00. The maximum atomic E-state index is 9.13. The lowest BCUT2D eigenvalue weighted by atomic mass is 9.97. The molecule has 0 unspecified atom stereocenters. The summed E-state index contributed by atoms with van der Waals surface area (Å²) < 4.78 is 5.81. The van der Waals surface area contributed by atoms with Crippen molar-refractivity contribution in [2.24, 2.45) is 0 Å². The van der Waals surface area contributed by atoms with Crippen LogP contribution in [0.15, 0.2) is 24.4 Å². The normalized spacial score (nSPS) is 14.4. The average molecular weight is 305 g/mol. The molecule has 0 aromatic heterocycles. The molecular formula is C17H27NO2Si. The molecular weight excluding hydrogens is 278 g/mol. The van der Waals surface area contributed by atoms with E-state index in [1.165, 1.54) is 22.7 Å². The van der Waals surface area contributed by atoms with Gasteiger partial charge in [0, 0.05) is 34.0 Å². The van der Waals surface area contributed by atoms with Crippen LogP contribution >= 0.6 is 0 Å². The third-order valence-corrected chi connectivity index (χ3v) is 5.45. The number of fused-ring (bicyclic) bond motifs is 1. The molecule has 1 aromatic carbocycles. The summed E-state index contributed by atoms with van der Waals surface area (Å²) in [6.45, 7) is 9.72. The lowest BCUT2D eigenvalue weighted by Gasteiger charge is -2.27. The van der Waals surface area contributed by atoms with Crippen LogP contribution in [0.2, 0.25) is 25.7 Å². The summed E-state index contributed by atoms with van der Waals surface area (Å²) in [4.78, 5) is 2.20. The van der Waals surface area contributed by atoms with E-state index in [9.17, 15) is 0 Å². The molecule has 2 rings (SSSR count). The maximum absolute atomic E-state index is 9.13. The first-order valence-corrected chi connectivity index (χ1v) is 11.4. The fraction of sp³-hybridized carbons (Fsp3) is 0.529. The van der Waals surface area contributed by atoms with Crippen molar-refractivity contribution < 1.29 is 9.84 Å². The molecule has 1 aliphatic heterocycles. The minimum Gasteiger partial charge on any atom is -0.396 e. The van der Waals surface area contributed by atoms with Crippen LogP contribution in [0.1, 0.15) is 16.7 Å². The second kappa shape index (κ2) is 7.25. The quantitative estimate of drug-likeness (QED) is 0.619. The van der Waals surface area contributed by atoms with Crippen LogP contribution in [0.25, 0.3) is 6.08 Å². The topological polar surface area (TPSA) is 32.7 Å². The summed E-state index contributed by atoms with van der Waals surface area (Å²) in [5, 5.41) is 9.13. The number of aliphatic hydroxyl groups is 1. The van der Waals surface area contributed by atoms with E-state index in [0.29, 0.717) is 6.73 Å². The van der Waals surface area contributed by atoms with Crippen LogP contribution in [0.3, 0.4) is 0 Å². The molecule has 116 valence electrons. The Balaban J connectivity index is 1.88. The highest BCUT2D eigenvalue weighted by molar-refractivity contribution is 6.76. The van der Waals surface area contributed by atoms with Crippen molar-refractivity contribution in [3.63, 3.8) is 0 Å². The minimum absolute atomic E-state index is 0.202. The molecule has 3 nitrogen and oxygen atoms in total. The molecule has 0 aliphatic carbocycles. The van der Waals surface area contributed by atoms with E-state index in [0.717, 1.165) is 19.6 Å². The molecule has 0 amide bonds. The monoisotopic (exact) mass is 305 g/mol. The summed E-state index contributed by atoms with van der Waals surface area (Å²) in [6, 6.07) is 7.54. The van der Waals surface area contributed by atoms with Gasteiger partial charge in [-0.25, -0.2) is 0 Å². The number of rotatable bonds is 7. The first kappa shape index (κ1) is 16.3. The second-order valence-electron chi connectivity index (χ2n) is 6.87. The van der Waals surface area contributed by atoms with Crippen molar-refractivity contribution in [2.45, 2.75) is 38.7 Å². The van der Waals surface area contributed by atoms with E-state index in [1.807, 2.05) is 0 Å². The Kier molecular flexibility index (Phi) is 5.62. The fourth-order valence-electron chi connectivity index (χ4n) is 2.46. The van der Waals surface area contributed by atoms with E-state index in [-0.39, 0.29) is 6.61 Å². The third kappa shape index (κ3) is 4.99. The van der Waals surface area contributed by atoms with Crippen LogP contribution in [-0.4, -0.2) is 38.0 Å². The highest BCUT2D eigenvalue weighted by Gasteiger charge is 2.15. The molecule has 0 fully saturated rings. The van der Waals surface area contributed by atoms with E-state index in [2.05, 4.69) is 55.0 Å². The molecule has 0 spiro atoms. The lowest BCUT2D eigenvalue weighted by Crippen LogP contribution is -2.26. The van der Waals surface area contributed by atoms with Crippen molar-refractivity contribution in [3.8, 4) is 0 Å². The zero-order valence-corrected chi connectivity index (χ0v) is 14.4. The predicted octanol–water partition coefficient (Wildman–Crippen LogP) is 3.32. The van der Waals surface area contributed by atoms with Gasteiger partial charge < -0.3 is 14.7 Å². The number of hydrogen-bond donors (Lipinski definition) is 1. The van der Waals surface area contributed by atoms with Crippen molar-refractivity contribution in [3.05, 3.63) is 41.1 Å². The molecule has 0 atom stereocenters. The number of benzene rings is 1. The summed E-state index contributed by atoms with van der Waals surface area (Å²) >= 11 is 0. The van der Waals surface area contributed by atoms with Crippen molar-refractivity contribution >= 4 is 14.1 Å². The van der Waals surface area contributed by atoms with Crippen LogP contribution in [-0.2, 0) is 17.7 Å². The first-order chi connectivity index (χ1) is 9.99. The molecule has 0 radical (unpaired) electrons. The molecule has 4 heteroatoms. The van der Waals surface area contributed by atoms with E-state index < -0.39 is 8.07 Å². The summed E-state index contributed by atoms with van der Waals surface area (Å²) in [7, 11) is -1.00. The van der Waals surface area contributed by atoms with Crippen molar-refractivity contribution in [1.29, 1.82) is 0 Å². The summed E-state index contributed by atoms with van der Waals surface area (Å²) in [5.74, 6) is 0. The number of ether oxygens (including phenoxy) is 1. The second-order valence-corrected chi connectivity index (χ2v) is 12.5. The van der Waals surface area contributed by atoms with Gasteiger partial charge in [-0.3, -0.25) is 0 Å². The molecule has 21 heavy (non-hydrogen) atoms. The molecule has 1 aromatic rings. The Bertz CT molecular complexity index is 494. The number of hydrogen-bond acceptors (Lipinski definition) is 3. The summed E-state index contributed by atoms with van der Waals surface area (Å²) in [6.07, 6.45) is 4.98. The van der Waals surface area contributed by atoms with Gasteiger partial charge in [-0.1, -0.05) is 37.8 Å². The Labute approximate surface area is 129 Å². The van der Waals surface area contributed by atoms with Gasteiger partial charge in [0.2, 0.25) is 0 Å². The Morgan fingerprint density at radius 2 is 2.10 bits per heavy atom. The molecule has 1 N–H and O–H groups in total. The van der Waals surface area contributed by atoms with Crippen LogP contribution in [0.5, 0.6) is 0 Å². The molecule has 1 heterocycles. The molecule has 1 aliphatic rings. The third-order valence-electron chi connectivity index (χ3n) is 3.75. The molecule has 0 saturated carbocycles. The fourth-order valence-corrected chi connectivity index (χ4v) is 3.21. The van der Waals surface area contributed by atoms with Crippen LogP contribution in [0, 0.1) is 0 Å². The Morgan fingerprint density at radius 3 is 2.81 bits per heavy atom. The predicted molar refractivity (Wildman–Crippen MR) is 90.8 cm³/mol. The Hall–Kier alpha value is -1.10. The highest BCUT2D eigenvalue weighted by Crippen LogP contribution is 2.23. The van der Waals surface area contributed by atoms with Gasteiger partial charge in [0.25, 0.3) is 0 Å². The zero-order chi connectivity index (χ0) is 15.3. The Morgan fingerprint density at radius 1 is 1.29 bits per heavy atom. The van der Waals surface area contributed by atoms with Gasteiger partial charge in [-0.2, -0.15) is 0 Å². The van der Waals surface area contributed by atoms with Crippen molar-refractivity contribution in [2.75, 3.05) is 19.9 Å². The largest absolute Gasteiger partial charge is 0.396 e. The van der Waals surface area contributed by atoms with Gasteiger partial charge in [-0.05, 0) is 35.2 Å². The van der Waals surface area contributed by atoms with Gasteiger partial charge in [-0.15, -0.1) is 0 Å². The highest BCUT2D eigenvalue weighted by atomic mass is 28.3. The SMILES string of the molecule is C[Si](C)(C)CCOCN1C=Cc2c(CCO)cccc2C1. The average Bonchev–Trinajstić information content (AvgIpc) is 2.43. The standard InChI is InChI=1S/C17H27NO2Si/c1-21(2,3)12-11-20-14-18-9-7-17-15(8-10-19)5-4-6-16(17)13-18/h4-7,9,19H,8,10-14H2,1-3H3. The van der Waals surface area contributed by atoms with Gasteiger partial charge in [0.1, 0.15) is 6.73 Å². The number of aliphatic hydroxyl groups excluding tert-OH is 1. The van der Waals surface area contributed by atoms with Gasteiger partial charge in [0.15, 0.2) is 0 Å². The van der Waals surface area contributed by atoms with Crippen molar-refractivity contribution in [1.82, 2.24) is 4.90 Å². The van der Waals surface area contributed by atoms with Gasteiger partial charge in [0.05, 0.1) is 0 Å². The van der Waals surface area contributed by atoms with E-state index in [4.69, 9.17) is 9.84 Å². The van der Waals surface area contributed by atoms with Crippen LogP contribution in [0.4, 0.5) is 0 Å². The number of nitrogens with zero attached hydrogens (tertiary/aromatic N) is 1. The van der Waals surface area contributed by atoms with E-state index >= 15 is 0 Å². The van der Waals surface area contributed by atoms with Gasteiger partial charge >= 0.3 is 0 Å².